The van der Waals surface area contributed by atoms with Gasteiger partial charge < -0.3 is 10.5 Å². The summed E-state index contributed by atoms with van der Waals surface area (Å²) in [5.74, 6) is -1.04. The van der Waals surface area contributed by atoms with Gasteiger partial charge in [0.25, 0.3) is 10.0 Å². The molecular weight excluding hydrogens is 358 g/mol. The highest BCUT2D eigenvalue weighted by molar-refractivity contribution is 7.90. The maximum Gasteiger partial charge on any atom is 0.328 e. The number of benzene rings is 2. The van der Waals surface area contributed by atoms with Gasteiger partial charge in [-0.3, -0.25) is 19.3 Å². The highest BCUT2D eigenvalue weighted by Gasteiger charge is 2.30. The standard InChI is InChI=1S/C17H15N3O5S/c18-16(22)12-7-5-11(6-8-12)10-25-15(21)9-19-17-13-3-1-2-4-14(13)26(23,24)20-17/h1-8H,9-10H2,(H2,18,22)(H,19,20). The normalized spacial score (nSPS) is 15.9. The highest BCUT2D eigenvalue weighted by Crippen LogP contribution is 2.22. The molecular formula is C17H15N3O5S. The molecule has 134 valence electrons. The monoisotopic (exact) mass is 373 g/mol. The van der Waals surface area contributed by atoms with E-state index in [4.69, 9.17) is 10.5 Å². The Morgan fingerprint density at radius 1 is 1.08 bits per heavy atom. The van der Waals surface area contributed by atoms with Crippen LogP contribution in [0.1, 0.15) is 21.5 Å². The molecule has 3 rings (SSSR count). The van der Waals surface area contributed by atoms with Crippen LogP contribution in [0.25, 0.3) is 0 Å². The van der Waals surface area contributed by atoms with Crippen molar-refractivity contribution in [2.45, 2.75) is 11.5 Å². The van der Waals surface area contributed by atoms with Gasteiger partial charge in [0, 0.05) is 11.1 Å². The smallest absolute Gasteiger partial charge is 0.328 e. The zero-order valence-electron chi connectivity index (χ0n) is 13.5. The van der Waals surface area contributed by atoms with Gasteiger partial charge in [0.15, 0.2) is 0 Å². The lowest BCUT2D eigenvalue weighted by atomic mass is 10.1. The molecule has 0 saturated carbocycles. The predicted octanol–water partition coefficient (Wildman–Crippen LogP) is 0.567. The number of esters is 1. The molecule has 1 aliphatic heterocycles. The molecule has 1 aliphatic rings. The molecule has 0 saturated heterocycles. The molecule has 1 heterocycles. The van der Waals surface area contributed by atoms with Crippen molar-refractivity contribution in [2.24, 2.45) is 10.7 Å². The number of fused-ring (bicyclic) bond motifs is 1. The van der Waals surface area contributed by atoms with Crippen molar-refractivity contribution >= 4 is 27.7 Å². The fourth-order valence-electron chi connectivity index (χ4n) is 2.37. The van der Waals surface area contributed by atoms with E-state index in [0.29, 0.717) is 16.7 Å². The van der Waals surface area contributed by atoms with Gasteiger partial charge in [0.1, 0.15) is 19.0 Å². The molecule has 0 atom stereocenters. The van der Waals surface area contributed by atoms with E-state index in [1.165, 1.54) is 18.2 Å². The number of carbonyl (C=O) groups excluding carboxylic acids is 2. The molecule has 26 heavy (non-hydrogen) atoms. The fourth-order valence-corrected chi connectivity index (χ4v) is 3.62. The van der Waals surface area contributed by atoms with Gasteiger partial charge in [-0.1, -0.05) is 24.3 Å². The van der Waals surface area contributed by atoms with E-state index in [-0.39, 0.29) is 23.9 Å². The summed E-state index contributed by atoms with van der Waals surface area (Å²) in [7, 11) is -3.64. The first kappa shape index (κ1) is 17.6. The number of ether oxygens (including phenoxy) is 1. The maximum atomic E-state index is 12.0. The van der Waals surface area contributed by atoms with Crippen LogP contribution < -0.4 is 10.5 Å². The number of primary amides is 1. The summed E-state index contributed by atoms with van der Waals surface area (Å²) < 4.78 is 31.3. The maximum absolute atomic E-state index is 12.0. The number of nitrogens with two attached hydrogens (primary N) is 1. The number of amidine groups is 1. The number of carbonyl (C=O) groups is 2. The molecule has 1 amide bonds. The molecule has 2 aromatic rings. The number of sulfonamides is 1. The molecule has 0 bridgehead atoms. The Balaban J connectivity index is 1.61. The molecule has 0 aromatic heterocycles. The molecule has 0 fully saturated rings. The SMILES string of the molecule is NC(=O)c1ccc(COC(=O)CN=C2NS(=O)(=O)c3ccccc32)cc1. The molecule has 0 aliphatic carbocycles. The van der Waals surface area contributed by atoms with E-state index >= 15 is 0 Å². The number of hydrogen-bond donors (Lipinski definition) is 2. The van der Waals surface area contributed by atoms with Crippen LogP contribution in [0.15, 0.2) is 58.4 Å². The van der Waals surface area contributed by atoms with Crippen LogP contribution in [0, 0.1) is 0 Å². The molecule has 3 N–H and O–H groups in total. The van der Waals surface area contributed by atoms with Crippen LogP contribution >= 0.6 is 0 Å². The Morgan fingerprint density at radius 3 is 2.46 bits per heavy atom. The van der Waals surface area contributed by atoms with Gasteiger partial charge in [-0.2, -0.15) is 0 Å². The van der Waals surface area contributed by atoms with Crippen LogP contribution in [0.4, 0.5) is 0 Å². The molecule has 8 nitrogen and oxygen atoms in total. The number of nitrogens with zero attached hydrogens (tertiary/aromatic N) is 1. The summed E-state index contributed by atoms with van der Waals surface area (Å²) in [6.45, 7) is -0.323. The lowest BCUT2D eigenvalue weighted by Crippen LogP contribution is -2.23. The average Bonchev–Trinajstić information content (AvgIpc) is 2.89. The minimum absolute atomic E-state index is 0.00500. The molecule has 0 radical (unpaired) electrons. The first-order chi connectivity index (χ1) is 12.4. The Morgan fingerprint density at radius 2 is 1.77 bits per heavy atom. The predicted molar refractivity (Wildman–Crippen MR) is 92.9 cm³/mol. The second kappa shape index (κ2) is 6.96. The van der Waals surface area contributed by atoms with Crippen LogP contribution in [0.2, 0.25) is 0 Å². The average molecular weight is 373 g/mol. The van der Waals surface area contributed by atoms with Crippen molar-refractivity contribution < 1.29 is 22.7 Å². The summed E-state index contributed by atoms with van der Waals surface area (Å²) in [5, 5.41) is 0. The minimum atomic E-state index is -3.64. The number of nitrogens with one attached hydrogen (secondary N) is 1. The molecule has 0 spiro atoms. The fraction of sp³-hybridized carbons (Fsp3) is 0.118. The minimum Gasteiger partial charge on any atom is -0.459 e. The summed E-state index contributed by atoms with van der Waals surface area (Å²) in [5.41, 5.74) is 6.61. The van der Waals surface area contributed by atoms with Gasteiger partial charge in [0.05, 0.1) is 4.90 Å². The van der Waals surface area contributed by atoms with Gasteiger partial charge in [-0.05, 0) is 29.8 Å². The second-order valence-corrected chi connectivity index (χ2v) is 7.14. The van der Waals surface area contributed by atoms with E-state index in [1.807, 2.05) is 0 Å². The quantitative estimate of drug-likeness (QED) is 0.741. The summed E-state index contributed by atoms with van der Waals surface area (Å²) in [6, 6.07) is 12.7. The first-order valence-electron chi connectivity index (χ1n) is 7.58. The summed E-state index contributed by atoms with van der Waals surface area (Å²) in [4.78, 5) is 27.0. The van der Waals surface area contributed by atoms with E-state index in [9.17, 15) is 18.0 Å². The third-order valence-corrected chi connectivity index (χ3v) is 5.06. The van der Waals surface area contributed by atoms with Crippen LogP contribution in [0.5, 0.6) is 0 Å². The lowest BCUT2D eigenvalue weighted by molar-refractivity contribution is -0.143. The Kier molecular flexibility index (Phi) is 4.72. The van der Waals surface area contributed by atoms with Crippen LogP contribution in [-0.4, -0.2) is 32.7 Å². The Labute approximate surface area is 149 Å². The highest BCUT2D eigenvalue weighted by atomic mass is 32.2. The summed E-state index contributed by atoms with van der Waals surface area (Å²) >= 11 is 0. The number of hydrogen-bond acceptors (Lipinski definition) is 6. The second-order valence-electron chi connectivity index (χ2n) is 5.49. The van der Waals surface area contributed by atoms with Crippen molar-refractivity contribution in [3.8, 4) is 0 Å². The third-order valence-electron chi connectivity index (χ3n) is 3.67. The Hall–Kier alpha value is -3.20. The zero-order chi connectivity index (χ0) is 18.7. The van der Waals surface area contributed by atoms with Gasteiger partial charge in [-0.15, -0.1) is 0 Å². The van der Waals surface area contributed by atoms with Gasteiger partial charge in [0.2, 0.25) is 5.91 Å². The van der Waals surface area contributed by atoms with E-state index < -0.39 is 21.9 Å². The first-order valence-corrected chi connectivity index (χ1v) is 9.06. The zero-order valence-corrected chi connectivity index (χ0v) is 14.3. The van der Waals surface area contributed by atoms with E-state index in [1.54, 1.807) is 30.3 Å². The third kappa shape index (κ3) is 3.72. The number of aliphatic imine (C=N–C) groups is 1. The van der Waals surface area contributed by atoms with E-state index in [2.05, 4.69) is 9.71 Å². The van der Waals surface area contributed by atoms with Crippen molar-refractivity contribution in [1.82, 2.24) is 4.72 Å². The Bertz CT molecular complexity index is 997. The van der Waals surface area contributed by atoms with Gasteiger partial charge >= 0.3 is 5.97 Å². The topological polar surface area (TPSA) is 128 Å². The molecule has 0 unspecified atom stereocenters. The number of rotatable bonds is 5. The van der Waals surface area contributed by atoms with Crippen molar-refractivity contribution in [1.29, 1.82) is 0 Å². The van der Waals surface area contributed by atoms with Crippen LogP contribution in [0.3, 0.4) is 0 Å². The van der Waals surface area contributed by atoms with E-state index in [0.717, 1.165) is 0 Å². The van der Waals surface area contributed by atoms with Crippen molar-refractivity contribution in [3.63, 3.8) is 0 Å². The van der Waals surface area contributed by atoms with Crippen molar-refractivity contribution in [3.05, 3.63) is 65.2 Å². The number of amides is 1. The lowest BCUT2D eigenvalue weighted by Gasteiger charge is -2.04. The molecule has 9 heteroatoms. The van der Waals surface area contributed by atoms with Gasteiger partial charge in [-0.25, -0.2) is 8.42 Å². The largest absolute Gasteiger partial charge is 0.459 e. The van der Waals surface area contributed by atoms with Crippen LogP contribution in [-0.2, 0) is 26.2 Å². The van der Waals surface area contributed by atoms with Crippen molar-refractivity contribution in [2.75, 3.05) is 6.54 Å². The molecule has 2 aromatic carbocycles. The summed E-state index contributed by atoms with van der Waals surface area (Å²) in [6.07, 6.45) is 0.